The summed E-state index contributed by atoms with van der Waals surface area (Å²) < 4.78 is 0. The monoisotopic (exact) mass is 223 g/mol. The van der Waals surface area contributed by atoms with E-state index >= 15 is 0 Å². The summed E-state index contributed by atoms with van der Waals surface area (Å²) in [5.41, 5.74) is -0.0166. The fourth-order valence-corrected chi connectivity index (χ4v) is 1.52. The van der Waals surface area contributed by atoms with Crippen LogP contribution < -0.4 is 5.32 Å². The van der Waals surface area contributed by atoms with Gasteiger partial charge < -0.3 is 10.4 Å². The molecule has 1 aromatic rings. The first kappa shape index (κ1) is 12.4. The molecule has 5 nitrogen and oxygen atoms in total. The lowest BCUT2D eigenvalue weighted by atomic mass is 10.1. The summed E-state index contributed by atoms with van der Waals surface area (Å²) in [6.07, 6.45) is 5.85. The van der Waals surface area contributed by atoms with Crippen LogP contribution in [0, 0.1) is 0 Å². The second-order valence-corrected chi connectivity index (χ2v) is 3.60. The highest BCUT2D eigenvalue weighted by molar-refractivity contribution is 5.90. The molecule has 1 rings (SSSR count). The van der Waals surface area contributed by atoms with Crippen LogP contribution in [0.15, 0.2) is 12.4 Å². The Hall–Kier alpha value is -1.65. The number of carbonyl (C=O) groups is 1. The van der Waals surface area contributed by atoms with E-state index in [9.17, 15) is 4.79 Å². The van der Waals surface area contributed by atoms with Crippen LogP contribution in [0.1, 0.15) is 43.6 Å². The molecule has 5 heteroatoms. The molecule has 0 amide bonds. The average Bonchev–Trinajstić information content (AvgIpc) is 2.29. The van der Waals surface area contributed by atoms with Gasteiger partial charge in [-0.1, -0.05) is 20.3 Å². The number of aromatic carboxylic acids is 1. The molecule has 0 aromatic carbocycles. The maximum Gasteiger partial charge on any atom is 0.358 e. The maximum atomic E-state index is 10.9. The van der Waals surface area contributed by atoms with Crippen molar-refractivity contribution in [1.29, 1.82) is 0 Å². The van der Waals surface area contributed by atoms with Crippen LogP contribution in [-0.4, -0.2) is 27.1 Å². The van der Waals surface area contributed by atoms with Crippen molar-refractivity contribution in [2.45, 2.75) is 39.2 Å². The number of rotatable bonds is 6. The van der Waals surface area contributed by atoms with Crippen LogP contribution in [0.3, 0.4) is 0 Å². The number of nitrogens with one attached hydrogen (secondary N) is 1. The summed E-state index contributed by atoms with van der Waals surface area (Å²) in [5, 5.41) is 12.1. The molecule has 88 valence electrons. The average molecular weight is 223 g/mol. The Bertz CT molecular complexity index is 355. The highest BCUT2D eigenvalue weighted by atomic mass is 16.4. The van der Waals surface area contributed by atoms with Gasteiger partial charge in [0.1, 0.15) is 0 Å². The van der Waals surface area contributed by atoms with Crippen LogP contribution in [0.2, 0.25) is 0 Å². The zero-order valence-electron chi connectivity index (χ0n) is 9.60. The van der Waals surface area contributed by atoms with Crippen molar-refractivity contribution in [2.24, 2.45) is 0 Å². The van der Waals surface area contributed by atoms with E-state index in [-0.39, 0.29) is 11.7 Å². The Morgan fingerprint density at radius 2 is 2.12 bits per heavy atom. The van der Waals surface area contributed by atoms with Crippen molar-refractivity contribution in [2.75, 3.05) is 5.32 Å². The molecular weight excluding hydrogens is 206 g/mol. The number of hydrogen-bond acceptors (Lipinski definition) is 4. The van der Waals surface area contributed by atoms with Crippen molar-refractivity contribution < 1.29 is 9.90 Å². The van der Waals surface area contributed by atoms with Gasteiger partial charge in [-0.05, 0) is 12.8 Å². The van der Waals surface area contributed by atoms with Gasteiger partial charge in [-0.2, -0.15) is 0 Å². The van der Waals surface area contributed by atoms with Gasteiger partial charge in [0.2, 0.25) is 0 Å². The minimum atomic E-state index is -1.05. The first-order valence-corrected chi connectivity index (χ1v) is 5.49. The fraction of sp³-hybridized carbons (Fsp3) is 0.545. The SMILES string of the molecule is CCCC(CC)Nc1nccnc1C(=O)O. The summed E-state index contributed by atoms with van der Waals surface area (Å²) in [4.78, 5) is 18.7. The highest BCUT2D eigenvalue weighted by Gasteiger charge is 2.15. The first-order chi connectivity index (χ1) is 7.69. The van der Waals surface area contributed by atoms with E-state index in [0.717, 1.165) is 19.3 Å². The molecule has 2 N–H and O–H groups in total. The van der Waals surface area contributed by atoms with Crippen LogP contribution in [0.5, 0.6) is 0 Å². The second-order valence-electron chi connectivity index (χ2n) is 3.60. The highest BCUT2D eigenvalue weighted by Crippen LogP contribution is 2.13. The number of carboxylic acid groups (broad SMARTS) is 1. The summed E-state index contributed by atoms with van der Waals surface area (Å²) in [6.45, 7) is 4.16. The van der Waals surface area contributed by atoms with Crippen molar-refractivity contribution in [3.8, 4) is 0 Å². The number of hydrogen-bond donors (Lipinski definition) is 2. The van der Waals surface area contributed by atoms with E-state index in [1.54, 1.807) is 0 Å². The zero-order valence-corrected chi connectivity index (χ0v) is 9.60. The lowest BCUT2D eigenvalue weighted by molar-refractivity contribution is 0.0691. The molecule has 1 aromatic heterocycles. The van der Waals surface area contributed by atoms with Crippen molar-refractivity contribution in [3.63, 3.8) is 0 Å². The molecule has 0 radical (unpaired) electrons. The lowest BCUT2D eigenvalue weighted by Crippen LogP contribution is -2.21. The van der Waals surface area contributed by atoms with Crippen LogP contribution in [-0.2, 0) is 0 Å². The lowest BCUT2D eigenvalue weighted by Gasteiger charge is -2.17. The second kappa shape index (κ2) is 6.05. The van der Waals surface area contributed by atoms with Crippen molar-refractivity contribution >= 4 is 11.8 Å². The smallest absolute Gasteiger partial charge is 0.358 e. The molecule has 0 aliphatic heterocycles. The van der Waals surface area contributed by atoms with Gasteiger partial charge in [-0.25, -0.2) is 14.8 Å². The van der Waals surface area contributed by atoms with E-state index in [1.807, 2.05) is 0 Å². The molecule has 16 heavy (non-hydrogen) atoms. The van der Waals surface area contributed by atoms with Gasteiger partial charge >= 0.3 is 5.97 Å². The van der Waals surface area contributed by atoms with Gasteiger partial charge in [0.25, 0.3) is 0 Å². The third-order valence-corrected chi connectivity index (χ3v) is 2.37. The molecule has 0 fully saturated rings. The van der Waals surface area contributed by atoms with Crippen LogP contribution >= 0.6 is 0 Å². The van der Waals surface area contributed by atoms with Crippen molar-refractivity contribution in [3.05, 3.63) is 18.1 Å². The van der Waals surface area contributed by atoms with E-state index in [4.69, 9.17) is 5.11 Å². The Kier molecular flexibility index (Phi) is 4.69. The predicted molar refractivity (Wildman–Crippen MR) is 61.6 cm³/mol. The molecular formula is C11H17N3O2. The third kappa shape index (κ3) is 3.18. The summed E-state index contributed by atoms with van der Waals surface area (Å²) in [5.74, 6) is -0.697. The normalized spacial score (nSPS) is 12.1. The molecule has 0 aliphatic rings. The molecule has 0 saturated heterocycles. The van der Waals surface area contributed by atoms with Crippen LogP contribution in [0.25, 0.3) is 0 Å². The maximum absolute atomic E-state index is 10.9. The molecule has 0 bridgehead atoms. The van der Waals surface area contributed by atoms with Gasteiger partial charge in [-0.3, -0.25) is 0 Å². The standard InChI is InChI=1S/C11H17N3O2/c1-3-5-8(4-2)14-10-9(11(15)16)12-6-7-13-10/h6-8H,3-5H2,1-2H3,(H,13,14)(H,15,16). The Labute approximate surface area is 94.9 Å². The predicted octanol–water partition coefficient (Wildman–Crippen LogP) is 2.17. The Morgan fingerprint density at radius 1 is 1.44 bits per heavy atom. The quantitative estimate of drug-likeness (QED) is 0.773. The topological polar surface area (TPSA) is 75.1 Å². The number of aromatic nitrogens is 2. The minimum Gasteiger partial charge on any atom is -0.476 e. The van der Waals surface area contributed by atoms with E-state index in [2.05, 4.69) is 29.1 Å². The van der Waals surface area contributed by atoms with Gasteiger partial charge in [0.05, 0.1) is 0 Å². The molecule has 0 spiro atoms. The molecule has 1 unspecified atom stereocenters. The number of nitrogens with zero attached hydrogens (tertiary/aromatic N) is 2. The van der Waals surface area contributed by atoms with E-state index in [1.165, 1.54) is 12.4 Å². The Morgan fingerprint density at radius 3 is 2.69 bits per heavy atom. The van der Waals surface area contributed by atoms with E-state index < -0.39 is 5.97 Å². The van der Waals surface area contributed by atoms with Gasteiger partial charge in [0, 0.05) is 18.4 Å². The van der Waals surface area contributed by atoms with Gasteiger partial charge in [-0.15, -0.1) is 0 Å². The molecule has 0 saturated carbocycles. The molecule has 1 atom stereocenters. The summed E-state index contributed by atoms with van der Waals surface area (Å²) >= 11 is 0. The molecule has 1 heterocycles. The van der Waals surface area contributed by atoms with Crippen molar-refractivity contribution in [1.82, 2.24) is 9.97 Å². The zero-order chi connectivity index (χ0) is 12.0. The summed E-state index contributed by atoms with van der Waals surface area (Å²) in [6, 6.07) is 0.250. The third-order valence-electron chi connectivity index (χ3n) is 2.37. The van der Waals surface area contributed by atoms with Crippen LogP contribution in [0.4, 0.5) is 5.82 Å². The first-order valence-electron chi connectivity index (χ1n) is 5.49. The van der Waals surface area contributed by atoms with Gasteiger partial charge in [0.15, 0.2) is 11.5 Å². The summed E-state index contributed by atoms with van der Waals surface area (Å²) in [7, 11) is 0. The largest absolute Gasteiger partial charge is 0.476 e. The minimum absolute atomic E-state index is 0.0166. The Balaban J connectivity index is 2.82. The molecule has 0 aliphatic carbocycles. The number of carboxylic acids is 1. The fourth-order valence-electron chi connectivity index (χ4n) is 1.52. The van der Waals surface area contributed by atoms with E-state index in [0.29, 0.717) is 5.82 Å². The number of anilines is 1.